The molecule has 2 atom stereocenters. The third kappa shape index (κ3) is 2.03. The van der Waals surface area contributed by atoms with E-state index in [0.29, 0.717) is 17.9 Å². The van der Waals surface area contributed by atoms with Gasteiger partial charge in [0.15, 0.2) is 11.5 Å². The highest BCUT2D eigenvalue weighted by molar-refractivity contribution is 9.10. The van der Waals surface area contributed by atoms with Crippen molar-refractivity contribution in [2.45, 2.75) is 25.5 Å². The Morgan fingerprint density at radius 2 is 2.06 bits per heavy atom. The zero-order valence-corrected chi connectivity index (χ0v) is 10.5. The van der Waals surface area contributed by atoms with Crippen LogP contribution >= 0.6 is 15.9 Å². The van der Waals surface area contributed by atoms with Gasteiger partial charge in [0, 0.05) is 4.47 Å². The van der Waals surface area contributed by atoms with Crippen LogP contribution in [0.1, 0.15) is 24.9 Å². The highest BCUT2D eigenvalue weighted by atomic mass is 79.9. The number of rotatable bonds is 3. The second-order valence-corrected chi connectivity index (χ2v) is 4.58. The molecule has 2 rings (SSSR count). The largest absolute Gasteiger partial charge is 0.454 e. The van der Waals surface area contributed by atoms with Gasteiger partial charge in [-0.1, -0.05) is 22.9 Å². The maximum absolute atomic E-state index is 9.73. The van der Waals surface area contributed by atoms with E-state index in [1.165, 1.54) is 0 Å². The predicted octanol–water partition coefficient (Wildman–Crippen LogP) is 1.95. The van der Waals surface area contributed by atoms with E-state index in [1.54, 1.807) is 0 Å². The molecule has 1 aliphatic heterocycles. The van der Waals surface area contributed by atoms with Crippen molar-refractivity contribution in [1.82, 2.24) is 0 Å². The van der Waals surface area contributed by atoms with Crippen molar-refractivity contribution in [3.8, 4) is 11.5 Å². The molecule has 0 bridgehead atoms. The van der Waals surface area contributed by atoms with Crippen molar-refractivity contribution in [2.24, 2.45) is 5.73 Å². The Bertz CT molecular complexity index is 397. The van der Waals surface area contributed by atoms with Crippen molar-refractivity contribution < 1.29 is 14.6 Å². The fraction of sp³-hybridized carbons (Fsp3) is 0.455. The zero-order valence-electron chi connectivity index (χ0n) is 8.94. The number of aliphatic hydroxyl groups excluding tert-OH is 1. The topological polar surface area (TPSA) is 64.7 Å². The van der Waals surface area contributed by atoms with Crippen molar-refractivity contribution in [3.63, 3.8) is 0 Å². The molecule has 0 amide bonds. The number of benzene rings is 1. The standard InChI is InChI=1S/C11H14BrNO3/c1-2-8(14)11(13)6-3-9-10(4-7(6)12)16-5-15-9/h3-4,8,11,14H,2,5,13H2,1H3/t8-,11+/m0/s1. The molecular formula is C11H14BrNO3. The van der Waals surface area contributed by atoms with Crippen LogP contribution in [0.2, 0.25) is 0 Å². The molecule has 1 aromatic rings. The van der Waals surface area contributed by atoms with E-state index >= 15 is 0 Å². The van der Waals surface area contributed by atoms with E-state index in [9.17, 15) is 5.11 Å². The van der Waals surface area contributed by atoms with Crippen LogP contribution in [0, 0.1) is 0 Å². The molecule has 0 fully saturated rings. The number of ether oxygens (including phenoxy) is 2. The predicted molar refractivity (Wildman–Crippen MR) is 63.5 cm³/mol. The lowest BCUT2D eigenvalue weighted by atomic mass is 10.0. The summed E-state index contributed by atoms with van der Waals surface area (Å²) in [6, 6.07) is 3.21. The summed E-state index contributed by atoms with van der Waals surface area (Å²) >= 11 is 3.42. The lowest BCUT2D eigenvalue weighted by Gasteiger charge is -2.19. The second-order valence-electron chi connectivity index (χ2n) is 3.73. The van der Waals surface area contributed by atoms with E-state index in [4.69, 9.17) is 15.2 Å². The average Bonchev–Trinajstić information content (AvgIpc) is 2.72. The van der Waals surface area contributed by atoms with Gasteiger partial charge in [-0.2, -0.15) is 0 Å². The monoisotopic (exact) mass is 287 g/mol. The van der Waals surface area contributed by atoms with Gasteiger partial charge >= 0.3 is 0 Å². The number of hydrogen-bond donors (Lipinski definition) is 2. The molecule has 0 saturated heterocycles. The lowest BCUT2D eigenvalue weighted by Crippen LogP contribution is -2.25. The van der Waals surface area contributed by atoms with Gasteiger partial charge in [-0.15, -0.1) is 0 Å². The molecule has 5 heteroatoms. The van der Waals surface area contributed by atoms with Crippen molar-refractivity contribution in [1.29, 1.82) is 0 Å². The van der Waals surface area contributed by atoms with Crippen LogP contribution in [0.4, 0.5) is 0 Å². The Morgan fingerprint density at radius 3 is 2.69 bits per heavy atom. The molecule has 0 radical (unpaired) electrons. The van der Waals surface area contributed by atoms with Gasteiger partial charge in [-0.25, -0.2) is 0 Å². The molecule has 0 spiro atoms. The van der Waals surface area contributed by atoms with E-state index < -0.39 is 12.1 Å². The minimum absolute atomic E-state index is 0.233. The van der Waals surface area contributed by atoms with Crippen LogP contribution in [0.5, 0.6) is 11.5 Å². The molecule has 0 saturated carbocycles. The maximum Gasteiger partial charge on any atom is 0.231 e. The summed E-state index contributed by atoms with van der Waals surface area (Å²) < 4.78 is 11.4. The van der Waals surface area contributed by atoms with Gasteiger partial charge in [-0.05, 0) is 24.1 Å². The Hall–Kier alpha value is -0.780. The van der Waals surface area contributed by atoms with Gasteiger partial charge in [0.2, 0.25) is 6.79 Å². The van der Waals surface area contributed by atoms with Crippen molar-refractivity contribution >= 4 is 15.9 Å². The summed E-state index contributed by atoms with van der Waals surface area (Å²) in [4.78, 5) is 0. The van der Waals surface area contributed by atoms with E-state index in [2.05, 4.69) is 15.9 Å². The molecule has 4 nitrogen and oxygen atoms in total. The highest BCUT2D eigenvalue weighted by Gasteiger charge is 2.22. The number of halogens is 1. The molecule has 1 heterocycles. The molecular weight excluding hydrogens is 274 g/mol. The van der Waals surface area contributed by atoms with Crippen molar-refractivity contribution in [3.05, 3.63) is 22.2 Å². The number of hydrogen-bond acceptors (Lipinski definition) is 4. The van der Waals surface area contributed by atoms with Crippen LogP contribution in [-0.2, 0) is 0 Å². The first kappa shape index (κ1) is 11.7. The van der Waals surface area contributed by atoms with Gasteiger partial charge in [0.25, 0.3) is 0 Å². The summed E-state index contributed by atoms with van der Waals surface area (Å²) in [6.07, 6.45) is 0.0545. The number of aliphatic hydroxyl groups is 1. The first-order chi connectivity index (χ1) is 7.63. The molecule has 1 aliphatic rings. The summed E-state index contributed by atoms with van der Waals surface area (Å²) in [5.41, 5.74) is 6.80. The van der Waals surface area contributed by atoms with Gasteiger partial charge in [-0.3, -0.25) is 0 Å². The summed E-state index contributed by atoms with van der Waals surface area (Å²) in [6.45, 7) is 2.13. The van der Waals surface area contributed by atoms with Gasteiger partial charge < -0.3 is 20.3 Å². The smallest absolute Gasteiger partial charge is 0.231 e. The molecule has 0 unspecified atom stereocenters. The minimum Gasteiger partial charge on any atom is -0.454 e. The van der Waals surface area contributed by atoms with E-state index in [1.807, 2.05) is 19.1 Å². The van der Waals surface area contributed by atoms with Crippen molar-refractivity contribution in [2.75, 3.05) is 6.79 Å². The Balaban J connectivity index is 2.34. The maximum atomic E-state index is 9.73. The van der Waals surface area contributed by atoms with E-state index in [0.717, 1.165) is 10.0 Å². The van der Waals surface area contributed by atoms with Crippen LogP contribution < -0.4 is 15.2 Å². The normalized spacial score (nSPS) is 17.2. The first-order valence-electron chi connectivity index (χ1n) is 5.16. The Labute approximate surface area is 102 Å². The third-order valence-electron chi connectivity index (χ3n) is 2.68. The quantitative estimate of drug-likeness (QED) is 0.892. The van der Waals surface area contributed by atoms with Gasteiger partial charge in [0.1, 0.15) is 0 Å². The summed E-state index contributed by atoms with van der Waals surface area (Å²) in [5.74, 6) is 1.38. The Morgan fingerprint density at radius 1 is 1.44 bits per heavy atom. The third-order valence-corrected chi connectivity index (χ3v) is 3.37. The highest BCUT2D eigenvalue weighted by Crippen LogP contribution is 2.39. The molecule has 88 valence electrons. The molecule has 0 aliphatic carbocycles. The number of fused-ring (bicyclic) bond motifs is 1. The van der Waals surface area contributed by atoms with Crippen LogP contribution in [0.3, 0.4) is 0 Å². The van der Waals surface area contributed by atoms with Crippen LogP contribution in [0.15, 0.2) is 16.6 Å². The average molecular weight is 288 g/mol. The fourth-order valence-electron chi connectivity index (χ4n) is 1.65. The molecule has 16 heavy (non-hydrogen) atoms. The number of nitrogens with two attached hydrogens (primary N) is 1. The van der Waals surface area contributed by atoms with Crippen LogP contribution in [-0.4, -0.2) is 18.0 Å². The second kappa shape index (κ2) is 4.61. The molecule has 1 aromatic carbocycles. The SMILES string of the molecule is CC[C@H](O)[C@H](N)c1cc2c(cc1Br)OCO2. The van der Waals surface area contributed by atoms with E-state index in [-0.39, 0.29) is 6.79 Å². The summed E-state index contributed by atoms with van der Waals surface area (Å²) in [7, 11) is 0. The first-order valence-corrected chi connectivity index (χ1v) is 5.95. The molecule has 0 aromatic heterocycles. The Kier molecular flexibility index (Phi) is 3.37. The lowest BCUT2D eigenvalue weighted by molar-refractivity contribution is 0.140. The summed E-state index contributed by atoms with van der Waals surface area (Å²) in [5, 5.41) is 9.73. The minimum atomic E-state index is -0.559. The zero-order chi connectivity index (χ0) is 11.7. The molecule has 3 N–H and O–H groups in total. The fourth-order valence-corrected chi connectivity index (χ4v) is 2.24. The van der Waals surface area contributed by atoms with Gasteiger partial charge in [0.05, 0.1) is 12.1 Å². The van der Waals surface area contributed by atoms with Crippen LogP contribution in [0.25, 0.3) is 0 Å².